The molecule has 1 aliphatic heterocycles. The summed E-state index contributed by atoms with van der Waals surface area (Å²) in [6.07, 6.45) is 2.98. The van der Waals surface area contributed by atoms with Gasteiger partial charge in [-0.05, 0) is 32.0 Å². The van der Waals surface area contributed by atoms with E-state index in [4.69, 9.17) is 4.74 Å². The van der Waals surface area contributed by atoms with Crippen molar-refractivity contribution in [2.45, 2.75) is 13.3 Å². The van der Waals surface area contributed by atoms with Crippen molar-refractivity contribution in [1.29, 1.82) is 0 Å². The Labute approximate surface area is 96.6 Å². The first kappa shape index (κ1) is 11.2. The van der Waals surface area contributed by atoms with Crippen molar-refractivity contribution in [3.8, 4) is 5.75 Å². The molecule has 2 heterocycles. The molecule has 1 fully saturated rings. The molecule has 4 heteroatoms. The molecule has 1 aliphatic rings. The Bertz CT molecular complexity index is 322. The first-order valence-corrected chi connectivity index (χ1v) is 5.95. The zero-order chi connectivity index (χ0) is 11.2. The van der Waals surface area contributed by atoms with Crippen molar-refractivity contribution in [1.82, 2.24) is 10.3 Å². The van der Waals surface area contributed by atoms with E-state index in [9.17, 15) is 0 Å². The fraction of sp³-hybridized carbons (Fsp3) is 0.583. The Morgan fingerprint density at radius 3 is 3.25 bits per heavy atom. The molecule has 4 nitrogen and oxygen atoms in total. The van der Waals surface area contributed by atoms with E-state index in [-0.39, 0.29) is 0 Å². The van der Waals surface area contributed by atoms with Crippen molar-refractivity contribution < 1.29 is 4.74 Å². The Kier molecular flexibility index (Phi) is 3.99. The van der Waals surface area contributed by atoms with Crippen LogP contribution < -0.4 is 15.0 Å². The number of nitrogens with one attached hydrogen (secondary N) is 1. The fourth-order valence-electron chi connectivity index (χ4n) is 1.95. The molecule has 1 aromatic rings. The minimum atomic E-state index is 0.685. The van der Waals surface area contributed by atoms with Gasteiger partial charge in [0, 0.05) is 25.8 Å². The summed E-state index contributed by atoms with van der Waals surface area (Å²) < 4.78 is 5.61. The van der Waals surface area contributed by atoms with Crippen LogP contribution in [0.4, 0.5) is 5.82 Å². The molecule has 0 aliphatic carbocycles. The first-order valence-electron chi connectivity index (χ1n) is 5.95. The Hall–Kier alpha value is -1.29. The minimum Gasteiger partial charge on any atom is -0.490 e. The summed E-state index contributed by atoms with van der Waals surface area (Å²) in [6.45, 7) is 6.84. The normalized spacial score (nSPS) is 16.9. The molecular formula is C12H19N3O. The molecular weight excluding hydrogens is 202 g/mol. The van der Waals surface area contributed by atoms with Gasteiger partial charge in [0.15, 0.2) is 11.6 Å². The molecule has 0 saturated carbocycles. The van der Waals surface area contributed by atoms with Crippen molar-refractivity contribution in [2.75, 3.05) is 37.7 Å². The standard InChI is InChI=1S/C12H19N3O/c1-2-16-11-5-3-7-14-12(11)15-9-4-6-13-8-10-15/h3,5,7,13H,2,4,6,8-10H2,1H3. The molecule has 1 N–H and O–H groups in total. The van der Waals surface area contributed by atoms with Gasteiger partial charge in [-0.2, -0.15) is 0 Å². The van der Waals surface area contributed by atoms with Gasteiger partial charge in [-0.25, -0.2) is 4.98 Å². The lowest BCUT2D eigenvalue weighted by Crippen LogP contribution is -2.29. The van der Waals surface area contributed by atoms with Gasteiger partial charge in [0.1, 0.15) is 0 Å². The van der Waals surface area contributed by atoms with Gasteiger partial charge in [0.25, 0.3) is 0 Å². The second-order valence-corrected chi connectivity index (χ2v) is 3.85. The number of pyridine rings is 1. The maximum Gasteiger partial charge on any atom is 0.171 e. The molecule has 0 spiro atoms. The highest BCUT2D eigenvalue weighted by molar-refractivity contribution is 5.52. The SMILES string of the molecule is CCOc1cccnc1N1CCCNCC1. The molecule has 0 amide bonds. The lowest BCUT2D eigenvalue weighted by Gasteiger charge is -2.23. The average molecular weight is 221 g/mol. The third-order valence-corrected chi connectivity index (χ3v) is 2.69. The molecule has 0 atom stereocenters. The zero-order valence-electron chi connectivity index (χ0n) is 9.78. The third kappa shape index (κ3) is 2.64. The summed E-state index contributed by atoms with van der Waals surface area (Å²) in [4.78, 5) is 6.73. The Balaban J connectivity index is 2.16. The van der Waals surface area contributed by atoms with Crippen molar-refractivity contribution in [3.63, 3.8) is 0 Å². The maximum atomic E-state index is 5.61. The number of nitrogens with zero attached hydrogens (tertiary/aromatic N) is 2. The second kappa shape index (κ2) is 5.70. The van der Waals surface area contributed by atoms with Gasteiger partial charge in [0.2, 0.25) is 0 Å². The van der Waals surface area contributed by atoms with Crippen LogP contribution in [-0.2, 0) is 0 Å². The van der Waals surface area contributed by atoms with Crippen LogP contribution in [0, 0.1) is 0 Å². The van der Waals surface area contributed by atoms with E-state index >= 15 is 0 Å². The predicted molar refractivity (Wildman–Crippen MR) is 65.1 cm³/mol. The summed E-state index contributed by atoms with van der Waals surface area (Å²) >= 11 is 0. The number of rotatable bonds is 3. The van der Waals surface area contributed by atoms with Gasteiger partial charge >= 0.3 is 0 Å². The molecule has 0 aromatic carbocycles. The number of anilines is 1. The van der Waals surface area contributed by atoms with E-state index in [1.807, 2.05) is 25.3 Å². The summed E-state index contributed by atoms with van der Waals surface area (Å²) in [5, 5.41) is 3.39. The van der Waals surface area contributed by atoms with Crippen LogP contribution >= 0.6 is 0 Å². The minimum absolute atomic E-state index is 0.685. The van der Waals surface area contributed by atoms with E-state index in [2.05, 4.69) is 15.2 Å². The van der Waals surface area contributed by atoms with Gasteiger partial charge in [0.05, 0.1) is 6.61 Å². The smallest absolute Gasteiger partial charge is 0.171 e. The lowest BCUT2D eigenvalue weighted by atomic mass is 10.3. The van der Waals surface area contributed by atoms with Crippen LogP contribution in [-0.4, -0.2) is 37.8 Å². The molecule has 1 aromatic heterocycles. The van der Waals surface area contributed by atoms with E-state index < -0.39 is 0 Å². The quantitative estimate of drug-likeness (QED) is 0.834. The Morgan fingerprint density at radius 2 is 2.38 bits per heavy atom. The van der Waals surface area contributed by atoms with E-state index in [0.29, 0.717) is 6.61 Å². The highest BCUT2D eigenvalue weighted by Crippen LogP contribution is 2.25. The van der Waals surface area contributed by atoms with Crippen LogP contribution in [0.1, 0.15) is 13.3 Å². The van der Waals surface area contributed by atoms with Crippen LogP contribution in [0.3, 0.4) is 0 Å². The summed E-state index contributed by atoms with van der Waals surface area (Å²) in [7, 11) is 0. The van der Waals surface area contributed by atoms with Crippen LogP contribution in [0.5, 0.6) is 5.75 Å². The topological polar surface area (TPSA) is 37.4 Å². The number of aromatic nitrogens is 1. The summed E-state index contributed by atoms with van der Waals surface area (Å²) in [5.41, 5.74) is 0. The third-order valence-electron chi connectivity index (χ3n) is 2.69. The fourth-order valence-corrected chi connectivity index (χ4v) is 1.95. The number of hydrogen-bond donors (Lipinski definition) is 1. The predicted octanol–water partition coefficient (Wildman–Crippen LogP) is 1.28. The Morgan fingerprint density at radius 1 is 1.44 bits per heavy atom. The molecule has 16 heavy (non-hydrogen) atoms. The maximum absolute atomic E-state index is 5.61. The number of ether oxygens (including phenoxy) is 1. The molecule has 0 bridgehead atoms. The van der Waals surface area contributed by atoms with Gasteiger partial charge < -0.3 is 15.0 Å². The van der Waals surface area contributed by atoms with Crippen LogP contribution in [0.2, 0.25) is 0 Å². The van der Waals surface area contributed by atoms with Gasteiger partial charge in [-0.3, -0.25) is 0 Å². The monoisotopic (exact) mass is 221 g/mol. The highest BCUT2D eigenvalue weighted by atomic mass is 16.5. The largest absolute Gasteiger partial charge is 0.490 e. The number of hydrogen-bond acceptors (Lipinski definition) is 4. The summed E-state index contributed by atoms with van der Waals surface area (Å²) in [5.74, 6) is 1.87. The average Bonchev–Trinajstić information content (AvgIpc) is 2.59. The van der Waals surface area contributed by atoms with E-state index in [1.54, 1.807) is 0 Å². The van der Waals surface area contributed by atoms with Crippen molar-refractivity contribution in [2.24, 2.45) is 0 Å². The van der Waals surface area contributed by atoms with Crippen LogP contribution in [0.15, 0.2) is 18.3 Å². The van der Waals surface area contributed by atoms with Gasteiger partial charge in [-0.1, -0.05) is 0 Å². The summed E-state index contributed by atoms with van der Waals surface area (Å²) in [6, 6.07) is 3.91. The molecule has 0 unspecified atom stereocenters. The second-order valence-electron chi connectivity index (χ2n) is 3.85. The molecule has 88 valence electrons. The van der Waals surface area contributed by atoms with E-state index in [0.717, 1.165) is 44.2 Å². The van der Waals surface area contributed by atoms with Crippen molar-refractivity contribution in [3.05, 3.63) is 18.3 Å². The molecule has 0 radical (unpaired) electrons. The van der Waals surface area contributed by atoms with E-state index in [1.165, 1.54) is 0 Å². The van der Waals surface area contributed by atoms with Crippen LogP contribution in [0.25, 0.3) is 0 Å². The lowest BCUT2D eigenvalue weighted by molar-refractivity contribution is 0.339. The molecule has 1 saturated heterocycles. The highest BCUT2D eigenvalue weighted by Gasteiger charge is 2.14. The zero-order valence-corrected chi connectivity index (χ0v) is 9.78. The van der Waals surface area contributed by atoms with Gasteiger partial charge in [-0.15, -0.1) is 0 Å². The van der Waals surface area contributed by atoms with Crippen molar-refractivity contribution >= 4 is 5.82 Å². The molecule has 2 rings (SSSR count). The first-order chi connectivity index (χ1) is 7.92.